The highest BCUT2D eigenvalue weighted by molar-refractivity contribution is 6.36. The summed E-state index contributed by atoms with van der Waals surface area (Å²) in [5.74, 6) is 0.796. The quantitative estimate of drug-likeness (QED) is 0.582. The Morgan fingerprint density at radius 1 is 1.00 bits per heavy atom. The van der Waals surface area contributed by atoms with Gasteiger partial charge < -0.3 is 10.5 Å². The van der Waals surface area contributed by atoms with Gasteiger partial charge in [-0.25, -0.2) is 0 Å². The van der Waals surface area contributed by atoms with E-state index in [2.05, 4.69) is 6.07 Å². The predicted octanol–water partition coefficient (Wildman–Crippen LogP) is 5.92. The molecule has 0 saturated carbocycles. The molecular formula is C20H19Cl3N2O. The van der Waals surface area contributed by atoms with Gasteiger partial charge in [0.05, 0.1) is 12.8 Å². The van der Waals surface area contributed by atoms with Crippen LogP contribution in [0.5, 0.6) is 5.75 Å². The van der Waals surface area contributed by atoms with Crippen LogP contribution in [-0.2, 0) is 6.54 Å². The molecule has 0 spiro atoms. The number of methoxy groups -OCH3 is 1. The van der Waals surface area contributed by atoms with Crippen molar-refractivity contribution in [2.24, 2.45) is 5.73 Å². The maximum absolute atomic E-state index is 6.44. The van der Waals surface area contributed by atoms with E-state index >= 15 is 0 Å². The van der Waals surface area contributed by atoms with Crippen LogP contribution in [0, 0.1) is 6.92 Å². The lowest BCUT2D eigenvalue weighted by atomic mass is 9.96. The first-order chi connectivity index (χ1) is 12.0. The number of pyridine rings is 1. The molecule has 1 aromatic heterocycles. The maximum atomic E-state index is 6.44. The first-order valence-corrected chi connectivity index (χ1v) is 8.59. The lowest BCUT2D eigenvalue weighted by Crippen LogP contribution is -2.03. The zero-order valence-corrected chi connectivity index (χ0v) is 16.8. The molecule has 0 amide bonds. The molecule has 0 aliphatic carbocycles. The van der Waals surface area contributed by atoms with Crippen LogP contribution in [0.25, 0.3) is 22.4 Å². The zero-order chi connectivity index (χ0) is 18.0. The first kappa shape index (κ1) is 20.5. The molecule has 0 aliphatic heterocycles. The van der Waals surface area contributed by atoms with Gasteiger partial charge in [-0.3, -0.25) is 4.98 Å². The molecule has 0 aliphatic rings. The van der Waals surface area contributed by atoms with Gasteiger partial charge in [-0.1, -0.05) is 29.3 Å². The van der Waals surface area contributed by atoms with Gasteiger partial charge in [0.25, 0.3) is 0 Å². The smallest absolute Gasteiger partial charge is 0.118 e. The molecule has 0 fully saturated rings. The number of nitrogens with zero attached hydrogens (tertiary/aromatic N) is 1. The lowest BCUT2D eigenvalue weighted by molar-refractivity contribution is 0.415. The van der Waals surface area contributed by atoms with Gasteiger partial charge in [0.15, 0.2) is 0 Å². The normalized spacial score (nSPS) is 10.3. The Morgan fingerprint density at radius 3 is 2.27 bits per heavy atom. The maximum Gasteiger partial charge on any atom is 0.118 e. The van der Waals surface area contributed by atoms with Crippen LogP contribution in [0.3, 0.4) is 0 Å². The number of halogens is 3. The molecular weight excluding hydrogens is 391 g/mol. The van der Waals surface area contributed by atoms with Crippen molar-refractivity contribution in [1.82, 2.24) is 4.98 Å². The third kappa shape index (κ3) is 4.13. The van der Waals surface area contributed by atoms with E-state index in [1.807, 2.05) is 43.3 Å². The lowest BCUT2D eigenvalue weighted by Gasteiger charge is -2.15. The summed E-state index contributed by atoms with van der Waals surface area (Å²) in [7, 11) is 1.65. The van der Waals surface area contributed by atoms with E-state index in [1.54, 1.807) is 13.2 Å². The number of nitrogens with two attached hydrogens (primary N) is 1. The molecule has 2 aromatic carbocycles. The van der Waals surface area contributed by atoms with Crippen LogP contribution < -0.4 is 10.5 Å². The highest BCUT2D eigenvalue weighted by atomic mass is 35.5. The van der Waals surface area contributed by atoms with Crippen LogP contribution in [0.1, 0.15) is 11.3 Å². The van der Waals surface area contributed by atoms with Crippen molar-refractivity contribution in [3.63, 3.8) is 0 Å². The zero-order valence-electron chi connectivity index (χ0n) is 14.4. The molecule has 6 heteroatoms. The minimum Gasteiger partial charge on any atom is -0.497 e. The van der Waals surface area contributed by atoms with Crippen molar-refractivity contribution >= 4 is 35.6 Å². The Morgan fingerprint density at radius 2 is 1.69 bits per heavy atom. The average molecular weight is 410 g/mol. The summed E-state index contributed by atoms with van der Waals surface area (Å²) in [5, 5.41) is 1.18. The molecule has 0 unspecified atom stereocenters. The summed E-state index contributed by atoms with van der Waals surface area (Å²) in [6.45, 7) is 2.38. The van der Waals surface area contributed by atoms with Crippen molar-refractivity contribution in [3.05, 3.63) is 69.8 Å². The molecule has 3 aromatic rings. The van der Waals surface area contributed by atoms with Crippen LogP contribution in [0.2, 0.25) is 10.0 Å². The fraction of sp³-hybridized carbons (Fsp3) is 0.150. The highest BCUT2D eigenvalue weighted by Gasteiger charge is 2.15. The Labute approximate surface area is 169 Å². The van der Waals surface area contributed by atoms with Crippen molar-refractivity contribution in [2.45, 2.75) is 13.5 Å². The summed E-state index contributed by atoms with van der Waals surface area (Å²) in [6.07, 6.45) is 0. The third-order valence-corrected chi connectivity index (χ3v) is 4.67. The number of rotatable bonds is 4. The number of ether oxygens (including phenoxy) is 1. The monoisotopic (exact) mass is 408 g/mol. The predicted molar refractivity (Wildman–Crippen MR) is 112 cm³/mol. The molecule has 0 saturated heterocycles. The van der Waals surface area contributed by atoms with Gasteiger partial charge in [-0.05, 0) is 55.0 Å². The standard InChI is InChI=1S/C20H18Cl2N2O.ClH/c1-12-14(11-23)9-18(17-8-5-15(21)10-19(17)22)20(24-12)13-3-6-16(25-2)7-4-13;/h3-10H,11,23H2,1-2H3;1H. The number of hydrogen-bond acceptors (Lipinski definition) is 3. The van der Waals surface area contributed by atoms with E-state index in [0.29, 0.717) is 16.6 Å². The van der Waals surface area contributed by atoms with Crippen molar-refractivity contribution in [3.8, 4) is 28.1 Å². The Balaban J connectivity index is 0.00000243. The Hall–Kier alpha value is -1.78. The first-order valence-electron chi connectivity index (χ1n) is 7.84. The van der Waals surface area contributed by atoms with Gasteiger partial charge in [0.2, 0.25) is 0 Å². The molecule has 0 bridgehead atoms. The van der Waals surface area contributed by atoms with E-state index in [-0.39, 0.29) is 12.4 Å². The van der Waals surface area contributed by atoms with Crippen molar-refractivity contribution in [1.29, 1.82) is 0 Å². The molecule has 26 heavy (non-hydrogen) atoms. The van der Waals surface area contributed by atoms with E-state index in [9.17, 15) is 0 Å². The minimum absolute atomic E-state index is 0. The van der Waals surface area contributed by atoms with E-state index in [4.69, 9.17) is 38.7 Å². The van der Waals surface area contributed by atoms with Crippen molar-refractivity contribution in [2.75, 3.05) is 7.11 Å². The number of aromatic nitrogens is 1. The van der Waals surface area contributed by atoms with E-state index in [0.717, 1.165) is 39.4 Å². The van der Waals surface area contributed by atoms with Crippen LogP contribution >= 0.6 is 35.6 Å². The highest BCUT2D eigenvalue weighted by Crippen LogP contribution is 2.37. The fourth-order valence-corrected chi connectivity index (χ4v) is 3.25. The fourth-order valence-electron chi connectivity index (χ4n) is 2.74. The topological polar surface area (TPSA) is 48.1 Å². The summed E-state index contributed by atoms with van der Waals surface area (Å²) < 4.78 is 5.24. The van der Waals surface area contributed by atoms with Crippen LogP contribution in [-0.4, -0.2) is 12.1 Å². The Bertz CT molecular complexity index is 912. The second-order valence-corrected chi connectivity index (χ2v) is 6.53. The summed E-state index contributed by atoms with van der Waals surface area (Å²) in [4.78, 5) is 4.80. The number of hydrogen-bond donors (Lipinski definition) is 1. The minimum atomic E-state index is 0. The van der Waals surface area contributed by atoms with E-state index in [1.165, 1.54) is 0 Å². The molecule has 3 rings (SSSR count). The van der Waals surface area contributed by atoms with Gasteiger partial charge in [0.1, 0.15) is 5.75 Å². The summed E-state index contributed by atoms with van der Waals surface area (Å²) >= 11 is 12.5. The summed E-state index contributed by atoms with van der Waals surface area (Å²) in [6, 6.07) is 15.3. The molecule has 1 heterocycles. The third-order valence-electron chi connectivity index (χ3n) is 4.12. The van der Waals surface area contributed by atoms with Crippen LogP contribution in [0.15, 0.2) is 48.5 Å². The van der Waals surface area contributed by atoms with E-state index < -0.39 is 0 Å². The van der Waals surface area contributed by atoms with Gasteiger partial charge in [0, 0.05) is 39.0 Å². The molecule has 3 nitrogen and oxygen atoms in total. The van der Waals surface area contributed by atoms with Crippen molar-refractivity contribution < 1.29 is 4.74 Å². The molecule has 0 atom stereocenters. The number of benzene rings is 2. The summed E-state index contributed by atoms with van der Waals surface area (Å²) in [5.41, 5.74) is 11.4. The van der Waals surface area contributed by atoms with Gasteiger partial charge in [-0.2, -0.15) is 0 Å². The van der Waals surface area contributed by atoms with Gasteiger partial charge >= 0.3 is 0 Å². The molecule has 136 valence electrons. The average Bonchev–Trinajstić information content (AvgIpc) is 2.62. The molecule has 0 radical (unpaired) electrons. The Kier molecular flexibility index (Phi) is 6.90. The molecule has 2 N–H and O–H groups in total. The van der Waals surface area contributed by atoms with Crippen LogP contribution in [0.4, 0.5) is 0 Å². The largest absolute Gasteiger partial charge is 0.497 e. The second kappa shape index (κ2) is 8.74. The number of aryl methyl sites for hydroxylation is 1. The second-order valence-electron chi connectivity index (χ2n) is 5.69. The SMILES string of the molecule is COc1ccc(-c2nc(C)c(CN)cc2-c2ccc(Cl)cc2Cl)cc1.Cl. The van der Waals surface area contributed by atoms with Gasteiger partial charge in [-0.15, -0.1) is 12.4 Å².